The summed E-state index contributed by atoms with van der Waals surface area (Å²) in [6.07, 6.45) is 0. The second-order valence-corrected chi connectivity index (χ2v) is 6.86. The van der Waals surface area contributed by atoms with Crippen LogP contribution in [0.4, 0.5) is 5.69 Å². The molecule has 0 bridgehead atoms. The maximum Gasteiger partial charge on any atom is 0.0637 e. The fraction of sp³-hybridized carbons (Fsp3) is 0.625. The molecule has 114 valence electrons. The lowest BCUT2D eigenvalue weighted by molar-refractivity contribution is 0.205. The molecule has 20 heavy (non-hydrogen) atoms. The first-order chi connectivity index (χ1) is 9.37. The standard InChI is InChI=1S/C16H27BrN2O/c1-6-19(9-10-20-5)15-11-14(17)8-7-13(15)12-18-16(2,3)4/h7-8,11,18H,6,9-10,12H2,1-5H3. The lowest BCUT2D eigenvalue weighted by atomic mass is 10.1. The van der Waals surface area contributed by atoms with E-state index in [9.17, 15) is 0 Å². The monoisotopic (exact) mass is 342 g/mol. The minimum Gasteiger partial charge on any atom is -0.383 e. The molecule has 0 aliphatic rings. The van der Waals surface area contributed by atoms with Crippen molar-refractivity contribution < 1.29 is 4.74 Å². The number of hydrogen-bond acceptors (Lipinski definition) is 3. The van der Waals surface area contributed by atoms with Crippen molar-refractivity contribution in [3.05, 3.63) is 28.2 Å². The third kappa shape index (κ3) is 5.81. The molecule has 1 rings (SSSR count). The Morgan fingerprint density at radius 1 is 1.30 bits per heavy atom. The van der Waals surface area contributed by atoms with Crippen LogP contribution in [0.25, 0.3) is 0 Å². The molecule has 0 heterocycles. The largest absolute Gasteiger partial charge is 0.383 e. The van der Waals surface area contributed by atoms with Crippen molar-refractivity contribution in [3.8, 4) is 0 Å². The molecule has 0 spiro atoms. The van der Waals surface area contributed by atoms with Gasteiger partial charge in [0.05, 0.1) is 6.61 Å². The van der Waals surface area contributed by atoms with Crippen molar-refractivity contribution in [1.29, 1.82) is 0 Å². The second kappa shape index (κ2) is 8.01. The highest BCUT2D eigenvalue weighted by Crippen LogP contribution is 2.25. The molecule has 0 aliphatic heterocycles. The van der Waals surface area contributed by atoms with Gasteiger partial charge in [-0.2, -0.15) is 0 Å². The normalized spacial score (nSPS) is 11.7. The molecule has 0 fully saturated rings. The molecular formula is C16H27BrN2O. The Morgan fingerprint density at radius 2 is 2.00 bits per heavy atom. The Bertz CT molecular complexity index is 415. The minimum absolute atomic E-state index is 0.119. The van der Waals surface area contributed by atoms with Gasteiger partial charge in [-0.15, -0.1) is 0 Å². The van der Waals surface area contributed by atoms with E-state index in [-0.39, 0.29) is 5.54 Å². The zero-order valence-electron chi connectivity index (χ0n) is 13.3. The van der Waals surface area contributed by atoms with Crippen LogP contribution in [0.3, 0.4) is 0 Å². The first kappa shape index (κ1) is 17.5. The van der Waals surface area contributed by atoms with Gasteiger partial charge in [-0.1, -0.05) is 22.0 Å². The van der Waals surface area contributed by atoms with E-state index < -0.39 is 0 Å². The Balaban J connectivity index is 2.93. The second-order valence-electron chi connectivity index (χ2n) is 5.95. The number of benzene rings is 1. The molecule has 0 amide bonds. The van der Waals surface area contributed by atoms with Gasteiger partial charge in [0.25, 0.3) is 0 Å². The lowest BCUT2D eigenvalue weighted by Crippen LogP contribution is -2.36. The minimum atomic E-state index is 0.119. The first-order valence-electron chi connectivity index (χ1n) is 7.14. The van der Waals surface area contributed by atoms with Crippen LogP contribution in [0.2, 0.25) is 0 Å². The van der Waals surface area contributed by atoms with Gasteiger partial charge in [0, 0.05) is 42.4 Å². The van der Waals surface area contributed by atoms with Crippen molar-refractivity contribution in [1.82, 2.24) is 5.32 Å². The predicted octanol–water partition coefficient (Wildman–Crippen LogP) is 3.81. The molecule has 1 aromatic rings. The number of nitrogens with one attached hydrogen (secondary N) is 1. The summed E-state index contributed by atoms with van der Waals surface area (Å²) in [7, 11) is 1.75. The van der Waals surface area contributed by atoms with Gasteiger partial charge in [0.2, 0.25) is 0 Å². The van der Waals surface area contributed by atoms with Gasteiger partial charge >= 0.3 is 0 Å². The van der Waals surface area contributed by atoms with E-state index in [1.165, 1.54) is 11.3 Å². The van der Waals surface area contributed by atoms with E-state index in [0.717, 1.165) is 30.7 Å². The fourth-order valence-electron chi connectivity index (χ4n) is 1.99. The summed E-state index contributed by atoms with van der Waals surface area (Å²) in [6, 6.07) is 6.49. The molecule has 0 radical (unpaired) electrons. The summed E-state index contributed by atoms with van der Waals surface area (Å²) >= 11 is 3.57. The molecular weight excluding hydrogens is 316 g/mol. The Hall–Kier alpha value is -0.580. The zero-order valence-corrected chi connectivity index (χ0v) is 14.9. The number of hydrogen-bond donors (Lipinski definition) is 1. The van der Waals surface area contributed by atoms with E-state index in [2.05, 4.69) is 72.0 Å². The van der Waals surface area contributed by atoms with E-state index in [0.29, 0.717) is 0 Å². The van der Waals surface area contributed by atoms with Crippen molar-refractivity contribution in [2.75, 3.05) is 31.7 Å². The van der Waals surface area contributed by atoms with Crippen molar-refractivity contribution in [3.63, 3.8) is 0 Å². The summed E-state index contributed by atoms with van der Waals surface area (Å²) in [5, 5.41) is 3.56. The number of likely N-dealkylation sites (N-methyl/N-ethyl adjacent to an activating group) is 1. The summed E-state index contributed by atoms with van der Waals surface area (Å²) in [5.74, 6) is 0. The number of anilines is 1. The van der Waals surface area contributed by atoms with Gasteiger partial charge in [-0.3, -0.25) is 0 Å². The Morgan fingerprint density at radius 3 is 2.55 bits per heavy atom. The molecule has 0 atom stereocenters. The topological polar surface area (TPSA) is 24.5 Å². The molecule has 1 N–H and O–H groups in total. The fourth-order valence-corrected chi connectivity index (χ4v) is 2.34. The van der Waals surface area contributed by atoms with Crippen LogP contribution in [-0.4, -0.2) is 32.3 Å². The van der Waals surface area contributed by atoms with E-state index in [4.69, 9.17) is 4.74 Å². The Kier molecular flexibility index (Phi) is 7.00. The zero-order chi connectivity index (χ0) is 15.2. The molecule has 3 nitrogen and oxygen atoms in total. The number of ether oxygens (including phenoxy) is 1. The van der Waals surface area contributed by atoms with Gasteiger partial charge < -0.3 is 15.0 Å². The molecule has 0 aliphatic carbocycles. The van der Waals surface area contributed by atoms with E-state index >= 15 is 0 Å². The summed E-state index contributed by atoms with van der Waals surface area (Å²) in [4.78, 5) is 2.36. The van der Waals surface area contributed by atoms with Crippen LogP contribution in [0.15, 0.2) is 22.7 Å². The highest BCUT2D eigenvalue weighted by Gasteiger charge is 2.13. The average Bonchev–Trinajstić information content (AvgIpc) is 2.37. The van der Waals surface area contributed by atoms with Crippen molar-refractivity contribution in [2.45, 2.75) is 39.8 Å². The smallest absolute Gasteiger partial charge is 0.0637 e. The molecule has 1 aromatic carbocycles. The maximum absolute atomic E-state index is 5.21. The molecule has 0 unspecified atom stereocenters. The predicted molar refractivity (Wildman–Crippen MR) is 90.5 cm³/mol. The molecule has 0 aromatic heterocycles. The van der Waals surface area contributed by atoms with Crippen LogP contribution in [0, 0.1) is 0 Å². The quantitative estimate of drug-likeness (QED) is 0.815. The van der Waals surface area contributed by atoms with Crippen molar-refractivity contribution >= 4 is 21.6 Å². The third-order valence-electron chi connectivity index (χ3n) is 3.14. The highest BCUT2D eigenvalue weighted by atomic mass is 79.9. The summed E-state index contributed by atoms with van der Waals surface area (Å²) in [5.41, 5.74) is 2.71. The number of rotatable bonds is 7. The van der Waals surface area contributed by atoms with E-state index in [1.807, 2.05) is 0 Å². The number of halogens is 1. The van der Waals surface area contributed by atoms with Crippen LogP contribution in [0.1, 0.15) is 33.3 Å². The molecule has 0 saturated heterocycles. The van der Waals surface area contributed by atoms with Crippen molar-refractivity contribution in [2.24, 2.45) is 0 Å². The summed E-state index contributed by atoms with van der Waals surface area (Å²) in [6.45, 7) is 12.2. The van der Waals surface area contributed by atoms with E-state index in [1.54, 1.807) is 7.11 Å². The highest BCUT2D eigenvalue weighted by molar-refractivity contribution is 9.10. The lowest BCUT2D eigenvalue weighted by Gasteiger charge is -2.28. The van der Waals surface area contributed by atoms with Crippen LogP contribution in [0.5, 0.6) is 0 Å². The third-order valence-corrected chi connectivity index (χ3v) is 3.64. The maximum atomic E-state index is 5.21. The van der Waals surface area contributed by atoms with Gasteiger partial charge in [-0.05, 0) is 45.4 Å². The van der Waals surface area contributed by atoms with Crippen LogP contribution < -0.4 is 10.2 Å². The Labute approximate surface area is 131 Å². The number of nitrogens with zero attached hydrogens (tertiary/aromatic N) is 1. The number of methoxy groups -OCH3 is 1. The molecule has 0 saturated carbocycles. The van der Waals surface area contributed by atoms with Gasteiger partial charge in [0.1, 0.15) is 0 Å². The summed E-state index contributed by atoms with van der Waals surface area (Å²) < 4.78 is 6.32. The van der Waals surface area contributed by atoms with Gasteiger partial charge in [-0.25, -0.2) is 0 Å². The van der Waals surface area contributed by atoms with Gasteiger partial charge in [0.15, 0.2) is 0 Å². The SMILES string of the molecule is CCN(CCOC)c1cc(Br)ccc1CNC(C)(C)C. The average molecular weight is 343 g/mol. The van der Waals surface area contributed by atoms with Crippen LogP contribution in [-0.2, 0) is 11.3 Å². The van der Waals surface area contributed by atoms with Crippen LogP contribution >= 0.6 is 15.9 Å². The molecule has 4 heteroatoms. The first-order valence-corrected chi connectivity index (χ1v) is 7.94.